The molecular formula is C34H47N3O2. The maximum Gasteiger partial charge on any atom is 0.237 e. The predicted molar refractivity (Wildman–Crippen MR) is 163 cm³/mol. The van der Waals surface area contributed by atoms with Crippen LogP contribution in [0.2, 0.25) is 0 Å². The lowest BCUT2D eigenvalue weighted by atomic mass is 9.94. The average Bonchev–Trinajstić information content (AvgIpc) is 2.94. The highest BCUT2D eigenvalue weighted by Gasteiger charge is 2.24. The molecule has 0 aliphatic rings. The summed E-state index contributed by atoms with van der Waals surface area (Å²) in [5.41, 5.74) is 11.0. The molecular weight excluding hydrogens is 482 g/mol. The number of aryl methyl sites for hydroxylation is 1. The van der Waals surface area contributed by atoms with E-state index in [1.807, 2.05) is 18.2 Å². The average molecular weight is 530 g/mol. The summed E-state index contributed by atoms with van der Waals surface area (Å²) in [6.45, 7) is 7.08. The van der Waals surface area contributed by atoms with Crippen molar-refractivity contribution in [3.05, 3.63) is 90.0 Å². The second kappa shape index (κ2) is 16.1. The van der Waals surface area contributed by atoms with Crippen LogP contribution in [0.5, 0.6) is 5.75 Å². The molecule has 5 N–H and O–H groups in total. The molecule has 0 unspecified atom stereocenters. The van der Waals surface area contributed by atoms with Crippen molar-refractivity contribution >= 4 is 5.91 Å². The normalized spacial score (nSPS) is 13.7. The number of carbonyl (C=O) groups excluding carboxylic acids is 1. The summed E-state index contributed by atoms with van der Waals surface area (Å²) in [6, 6.07) is 26.2. The molecule has 5 nitrogen and oxygen atoms in total. The third-order valence-corrected chi connectivity index (χ3v) is 7.19. The van der Waals surface area contributed by atoms with E-state index >= 15 is 0 Å². The number of carbonyl (C=O) groups is 1. The summed E-state index contributed by atoms with van der Waals surface area (Å²) >= 11 is 0. The zero-order chi connectivity index (χ0) is 28.0. The molecule has 3 atom stereocenters. The molecule has 3 aromatic carbocycles. The van der Waals surface area contributed by atoms with Crippen LogP contribution < -0.4 is 16.4 Å². The molecule has 0 saturated carbocycles. The number of benzene rings is 3. The maximum absolute atomic E-state index is 13.4. The van der Waals surface area contributed by atoms with Gasteiger partial charge in [0.1, 0.15) is 5.75 Å². The SMILES string of the molecule is CCCC[C@H](N)CNC(=O)[C@H](Cc1ccc(O)cc1)N[C@H](CCc1ccc(-c2ccccc2)cc1)CC(C)C. The van der Waals surface area contributed by atoms with Gasteiger partial charge in [0.25, 0.3) is 0 Å². The van der Waals surface area contributed by atoms with Gasteiger partial charge in [0.05, 0.1) is 6.04 Å². The third kappa shape index (κ3) is 10.9. The summed E-state index contributed by atoms with van der Waals surface area (Å²) in [5.74, 6) is 0.712. The van der Waals surface area contributed by atoms with Gasteiger partial charge >= 0.3 is 0 Å². The fourth-order valence-corrected chi connectivity index (χ4v) is 4.98. The summed E-state index contributed by atoms with van der Waals surface area (Å²) < 4.78 is 0. The zero-order valence-electron chi connectivity index (χ0n) is 23.9. The molecule has 0 aliphatic carbocycles. The molecule has 0 aromatic heterocycles. The molecule has 3 aromatic rings. The Bertz CT molecular complexity index is 1100. The van der Waals surface area contributed by atoms with Crippen LogP contribution in [-0.2, 0) is 17.6 Å². The summed E-state index contributed by atoms with van der Waals surface area (Å²) in [6.07, 6.45) is 6.49. The molecule has 0 heterocycles. The van der Waals surface area contributed by atoms with E-state index in [2.05, 4.69) is 79.9 Å². The van der Waals surface area contributed by atoms with Crippen LogP contribution in [0.1, 0.15) is 64.0 Å². The number of rotatable bonds is 16. The number of unbranched alkanes of at least 4 members (excludes halogenated alkanes) is 1. The first-order valence-electron chi connectivity index (χ1n) is 14.6. The lowest BCUT2D eigenvalue weighted by Crippen LogP contribution is -2.51. The highest BCUT2D eigenvalue weighted by molar-refractivity contribution is 5.82. The van der Waals surface area contributed by atoms with Gasteiger partial charge in [-0.05, 0) is 72.4 Å². The predicted octanol–water partition coefficient (Wildman–Crippen LogP) is 6.24. The van der Waals surface area contributed by atoms with E-state index in [4.69, 9.17) is 5.73 Å². The van der Waals surface area contributed by atoms with E-state index in [-0.39, 0.29) is 29.8 Å². The number of phenolic OH excluding ortho intramolecular Hbond substituents is 1. The van der Waals surface area contributed by atoms with Crippen molar-refractivity contribution in [2.75, 3.05) is 6.54 Å². The van der Waals surface area contributed by atoms with Gasteiger partial charge in [-0.3, -0.25) is 4.79 Å². The third-order valence-electron chi connectivity index (χ3n) is 7.19. The molecule has 0 radical (unpaired) electrons. The van der Waals surface area contributed by atoms with Crippen LogP contribution in [0.3, 0.4) is 0 Å². The van der Waals surface area contributed by atoms with Crippen molar-refractivity contribution in [1.82, 2.24) is 10.6 Å². The molecule has 210 valence electrons. The molecule has 39 heavy (non-hydrogen) atoms. The maximum atomic E-state index is 13.4. The number of phenols is 1. The largest absolute Gasteiger partial charge is 0.508 e. The van der Waals surface area contributed by atoms with Crippen LogP contribution in [0.4, 0.5) is 0 Å². The second-order valence-electron chi connectivity index (χ2n) is 11.2. The van der Waals surface area contributed by atoms with Crippen molar-refractivity contribution in [3.8, 4) is 16.9 Å². The Morgan fingerprint density at radius 2 is 1.51 bits per heavy atom. The molecule has 0 bridgehead atoms. The van der Waals surface area contributed by atoms with Gasteiger partial charge in [0.15, 0.2) is 0 Å². The first-order chi connectivity index (χ1) is 18.8. The highest BCUT2D eigenvalue weighted by atomic mass is 16.3. The summed E-state index contributed by atoms with van der Waals surface area (Å²) in [7, 11) is 0. The van der Waals surface area contributed by atoms with Gasteiger partial charge in [0, 0.05) is 18.6 Å². The summed E-state index contributed by atoms with van der Waals surface area (Å²) in [5, 5.41) is 16.5. The molecule has 0 aliphatic heterocycles. The fourth-order valence-electron chi connectivity index (χ4n) is 4.98. The Kier molecular flexibility index (Phi) is 12.5. The Balaban J connectivity index is 1.67. The number of hydrogen-bond acceptors (Lipinski definition) is 4. The smallest absolute Gasteiger partial charge is 0.237 e. The number of hydrogen-bond donors (Lipinski definition) is 4. The number of aromatic hydroxyl groups is 1. The van der Waals surface area contributed by atoms with Gasteiger partial charge in [0.2, 0.25) is 5.91 Å². The van der Waals surface area contributed by atoms with Gasteiger partial charge in [-0.25, -0.2) is 0 Å². The first kappa shape index (κ1) is 30.4. The van der Waals surface area contributed by atoms with Gasteiger partial charge in [-0.2, -0.15) is 0 Å². The minimum absolute atomic E-state index is 0.0176. The van der Waals surface area contributed by atoms with Crippen molar-refractivity contribution < 1.29 is 9.90 Å². The van der Waals surface area contributed by atoms with Crippen LogP contribution in [0, 0.1) is 5.92 Å². The Morgan fingerprint density at radius 3 is 2.15 bits per heavy atom. The summed E-state index contributed by atoms with van der Waals surface area (Å²) in [4.78, 5) is 13.4. The lowest BCUT2D eigenvalue weighted by Gasteiger charge is -2.27. The minimum Gasteiger partial charge on any atom is -0.508 e. The van der Waals surface area contributed by atoms with E-state index in [1.54, 1.807) is 12.1 Å². The van der Waals surface area contributed by atoms with E-state index in [0.717, 1.165) is 44.1 Å². The quantitative estimate of drug-likeness (QED) is 0.177. The van der Waals surface area contributed by atoms with E-state index < -0.39 is 0 Å². The molecule has 0 spiro atoms. The van der Waals surface area contributed by atoms with Gasteiger partial charge in [-0.15, -0.1) is 0 Å². The molecule has 0 saturated heterocycles. The highest BCUT2D eigenvalue weighted by Crippen LogP contribution is 2.21. The van der Waals surface area contributed by atoms with E-state index in [0.29, 0.717) is 18.9 Å². The van der Waals surface area contributed by atoms with E-state index in [1.165, 1.54) is 16.7 Å². The van der Waals surface area contributed by atoms with Crippen molar-refractivity contribution in [1.29, 1.82) is 0 Å². The molecule has 3 rings (SSSR count). The molecule has 1 amide bonds. The van der Waals surface area contributed by atoms with Crippen LogP contribution >= 0.6 is 0 Å². The Hall–Kier alpha value is -3.15. The first-order valence-corrected chi connectivity index (χ1v) is 14.6. The monoisotopic (exact) mass is 529 g/mol. The molecule has 0 fully saturated rings. The standard InChI is InChI=1S/C34H47N3O2/c1-4-5-11-30(35)24-36-34(39)33(23-27-15-20-32(38)21-16-27)37-31(22-25(2)3)19-14-26-12-17-29(18-13-26)28-9-7-6-8-10-28/h6-10,12-13,15-18,20-21,25,30-31,33,37-38H,4-5,11,14,19,22-24,35H2,1-3H3,(H,36,39)/t30-,31+,33-/m0/s1. The lowest BCUT2D eigenvalue weighted by molar-refractivity contribution is -0.123. The van der Waals surface area contributed by atoms with Crippen LogP contribution in [-0.4, -0.2) is 35.7 Å². The minimum atomic E-state index is -0.378. The van der Waals surface area contributed by atoms with Crippen LogP contribution in [0.25, 0.3) is 11.1 Å². The van der Waals surface area contributed by atoms with Gasteiger partial charge < -0.3 is 21.5 Å². The molecule has 5 heteroatoms. The van der Waals surface area contributed by atoms with Crippen molar-refractivity contribution in [3.63, 3.8) is 0 Å². The topological polar surface area (TPSA) is 87.4 Å². The number of nitrogens with one attached hydrogen (secondary N) is 2. The van der Waals surface area contributed by atoms with Gasteiger partial charge in [-0.1, -0.05) is 100 Å². The number of amides is 1. The van der Waals surface area contributed by atoms with Crippen molar-refractivity contribution in [2.24, 2.45) is 11.7 Å². The van der Waals surface area contributed by atoms with E-state index in [9.17, 15) is 9.90 Å². The number of nitrogens with two attached hydrogens (primary N) is 1. The van der Waals surface area contributed by atoms with Crippen molar-refractivity contribution in [2.45, 2.75) is 83.8 Å². The fraction of sp³-hybridized carbons (Fsp3) is 0.441. The van der Waals surface area contributed by atoms with Crippen LogP contribution in [0.15, 0.2) is 78.9 Å². The Morgan fingerprint density at radius 1 is 0.872 bits per heavy atom. The second-order valence-corrected chi connectivity index (χ2v) is 11.2. The Labute approximate surface area is 235 Å². The zero-order valence-corrected chi connectivity index (χ0v) is 23.9.